The molecule has 0 fully saturated rings. The van der Waals surface area contributed by atoms with Crippen LogP contribution >= 0.6 is 22.6 Å². The van der Waals surface area contributed by atoms with Gasteiger partial charge in [0.05, 0.1) is 0 Å². The van der Waals surface area contributed by atoms with Gasteiger partial charge in [0, 0.05) is 3.92 Å². The average Bonchev–Trinajstić information content (AvgIpc) is 2.32. The smallest absolute Gasteiger partial charge is 0.0109 e. The van der Waals surface area contributed by atoms with E-state index >= 15 is 0 Å². The van der Waals surface area contributed by atoms with Gasteiger partial charge in [-0.3, -0.25) is 0 Å². The molecule has 1 unspecified atom stereocenters. The predicted octanol–water partition coefficient (Wildman–Crippen LogP) is 6.45. The van der Waals surface area contributed by atoms with Crippen molar-refractivity contribution in [2.45, 2.75) is 75.1 Å². The second-order valence-corrected chi connectivity index (χ2v) is 6.51. The standard InChI is InChI=1S/C16H29I/c1-3-5-6-7-8-9-10-11-12-13-15-16(17)14-4-2/h3,5-6,16H,1,4,7-15H2,2H3. The molecule has 0 heterocycles. The molecule has 0 saturated heterocycles. The number of hydrogen-bond donors (Lipinski definition) is 0. The minimum atomic E-state index is 0.918. The lowest BCUT2D eigenvalue weighted by Crippen LogP contribution is -1.96. The summed E-state index contributed by atoms with van der Waals surface area (Å²) in [6, 6.07) is 0. The normalized spacial score (nSPS) is 13.1. The van der Waals surface area contributed by atoms with Crippen molar-refractivity contribution >= 4 is 22.6 Å². The Labute approximate surface area is 122 Å². The fourth-order valence-corrected chi connectivity index (χ4v) is 3.05. The van der Waals surface area contributed by atoms with Gasteiger partial charge in [-0.25, -0.2) is 0 Å². The molecule has 1 heteroatoms. The SMILES string of the molecule is C=CC=CCCCCCCCCC(I)CCC. The van der Waals surface area contributed by atoms with E-state index in [0.29, 0.717) is 0 Å². The van der Waals surface area contributed by atoms with Crippen molar-refractivity contribution < 1.29 is 0 Å². The Hall–Kier alpha value is 0.210. The lowest BCUT2D eigenvalue weighted by molar-refractivity contribution is 0.569. The van der Waals surface area contributed by atoms with E-state index in [1.165, 1.54) is 64.2 Å². The molecule has 0 bridgehead atoms. The highest BCUT2D eigenvalue weighted by molar-refractivity contribution is 14.1. The largest absolute Gasteiger partial charge is 0.0991 e. The van der Waals surface area contributed by atoms with Crippen LogP contribution in [0, 0.1) is 0 Å². The van der Waals surface area contributed by atoms with E-state index in [9.17, 15) is 0 Å². The Morgan fingerprint density at radius 1 is 1.00 bits per heavy atom. The van der Waals surface area contributed by atoms with Crippen LogP contribution in [0.1, 0.15) is 71.1 Å². The van der Waals surface area contributed by atoms with Crippen LogP contribution in [-0.2, 0) is 0 Å². The van der Waals surface area contributed by atoms with Gasteiger partial charge in [-0.05, 0) is 25.7 Å². The Kier molecular flexibility index (Phi) is 14.4. The molecule has 1 atom stereocenters. The summed E-state index contributed by atoms with van der Waals surface area (Å²) in [5, 5.41) is 0. The Balaban J connectivity index is 3.08. The van der Waals surface area contributed by atoms with Crippen molar-refractivity contribution in [3.8, 4) is 0 Å². The molecule has 0 nitrogen and oxygen atoms in total. The van der Waals surface area contributed by atoms with E-state index < -0.39 is 0 Å². The zero-order valence-electron chi connectivity index (χ0n) is 11.5. The quantitative estimate of drug-likeness (QED) is 0.164. The van der Waals surface area contributed by atoms with Crippen molar-refractivity contribution in [3.05, 3.63) is 24.8 Å². The van der Waals surface area contributed by atoms with Gasteiger partial charge in [0.1, 0.15) is 0 Å². The zero-order valence-corrected chi connectivity index (χ0v) is 13.6. The van der Waals surface area contributed by atoms with Gasteiger partial charge < -0.3 is 0 Å². The summed E-state index contributed by atoms with van der Waals surface area (Å²) in [5.74, 6) is 0. The van der Waals surface area contributed by atoms with Gasteiger partial charge in [0.2, 0.25) is 0 Å². The molecular formula is C16H29I. The van der Waals surface area contributed by atoms with Crippen LogP contribution < -0.4 is 0 Å². The van der Waals surface area contributed by atoms with E-state index in [0.717, 1.165) is 3.92 Å². The first-order chi connectivity index (χ1) is 8.31. The number of unbranched alkanes of at least 4 members (excludes halogenated alkanes) is 6. The minimum absolute atomic E-state index is 0.918. The number of rotatable bonds is 12. The molecular weight excluding hydrogens is 319 g/mol. The third-order valence-electron chi connectivity index (χ3n) is 3.01. The highest BCUT2D eigenvalue weighted by atomic mass is 127. The topological polar surface area (TPSA) is 0 Å². The molecule has 0 radical (unpaired) electrons. The first kappa shape index (κ1) is 17.2. The Bertz CT molecular complexity index is 184. The molecule has 0 aliphatic carbocycles. The average molecular weight is 348 g/mol. The van der Waals surface area contributed by atoms with Crippen LogP contribution in [0.5, 0.6) is 0 Å². The number of allylic oxidation sites excluding steroid dienone is 3. The molecule has 100 valence electrons. The lowest BCUT2D eigenvalue weighted by atomic mass is 10.1. The van der Waals surface area contributed by atoms with Crippen LogP contribution in [0.4, 0.5) is 0 Å². The zero-order chi connectivity index (χ0) is 12.8. The number of alkyl halides is 1. The molecule has 17 heavy (non-hydrogen) atoms. The Morgan fingerprint density at radius 2 is 1.65 bits per heavy atom. The second kappa shape index (κ2) is 14.3. The third kappa shape index (κ3) is 14.1. The van der Waals surface area contributed by atoms with E-state index in [1.54, 1.807) is 0 Å². The van der Waals surface area contributed by atoms with Gasteiger partial charge in [-0.1, -0.05) is 92.8 Å². The van der Waals surface area contributed by atoms with Crippen LogP contribution in [0.25, 0.3) is 0 Å². The maximum Gasteiger partial charge on any atom is 0.0109 e. The fraction of sp³-hybridized carbons (Fsp3) is 0.750. The van der Waals surface area contributed by atoms with Crippen molar-refractivity contribution in [3.63, 3.8) is 0 Å². The molecule has 0 aliphatic rings. The molecule has 0 amide bonds. The lowest BCUT2D eigenvalue weighted by Gasteiger charge is -2.07. The van der Waals surface area contributed by atoms with E-state index in [1.807, 2.05) is 12.2 Å². The van der Waals surface area contributed by atoms with Gasteiger partial charge in [0.15, 0.2) is 0 Å². The summed E-state index contributed by atoms with van der Waals surface area (Å²) >= 11 is 2.61. The molecule has 0 spiro atoms. The maximum atomic E-state index is 3.67. The van der Waals surface area contributed by atoms with E-state index in [2.05, 4.69) is 42.2 Å². The summed E-state index contributed by atoms with van der Waals surface area (Å²) in [7, 11) is 0. The highest BCUT2D eigenvalue weighted by Crippen LogP contribution is 2.17. The minimum Gasteiger partial charge on any atom is -0.0991 e. The first-order valence-corrected chi connectivity index (χ1v) is 8.47. The van der Waals surface area contributed by atoms with Gasteiger partial charge in [-0.15, -0.1) is 0 Å². The molecule has 0 aromatic heterocycles. The summed E-state index contributed by atoms with van der Waals surface area (Å²) < 4.78 is 0.918. The van der Waals surface area contributed by atoms with Crippen molar-refractivity contribution in [1.29, 1.82) is 0 Å². The molecule has 0 aliphatic heterocycles. The Morgan fingerprint density at radius 3 is 2.29 bits per heavy atom. The van der Waals surface area contributed by atoms with Crippen molar-refractivity contribution in [1.82, 2.24) is 0 Å². The van der Waals surface area contributed by atoms with Crippen LogP contribution in [0.15, 0.2) is 24.8 Å². The van der Waals surface area contributed by atoms with E-state index in [4.69, 9.17) is 0 Å². The summed E-state index contributed by atoms with van der Waals surface area (Å²) in [4.78, 5) is 0. The molecule has 0 rings (SSSR count). The summed E-state index contributed by atoms with van der Waals surface area (Å²) in [6.07, 6.45) is 20.0. The fourth-order valence-electron chi connectivity index (χ4n) is 1.99. The monoisotopic (exact) mass is 348 g/mol. The van der Waals surface area contributed by atoms with Crippen LogP contribution in [-0.4, -0.2) is 3.92 Å². The highest BCUT2D eigenvalue weighted by Gasteiger charge is 2.01. The first-order valence-electron chi connectivity index (χ1n) is 7.22. The van der Waals surface area contributed by atoms with Gasteiger partial charge in [0.25, 0.3) is 0 Å². The number of hydrogen-bond acceptors (Lipinski definition) is 0. The van der Waals surface area contributed by atoms with Crippen molar-refractivity contribution in [2.24, 2.45) is 0 Å². The summed E-state index contributed by atoms with van der Waals surface area (Å²) in [6.45, 7) is 5.95. The van der Waals surface area contributed by atoms with E-state index in [-0.39, 0.29) is 0 Å². The number of halogens is 1. The van der Waals surface area contributed by atoms with Gasteiger partial charge in [-0.2, -0.15) is 0 Å². The maximum absolute atomic E-state index is 3.67. The molecule has 0 aromatic carbocycles. The van der Waals surface area contributed by atoms with Crippen LogP contribution in [0.2, 0.25) is 0 Å². The molecule has 0 saturated carbocycles. The third-order valence-corrected chi connectivity index (χ3v) is 4.26. The van der Waals surface area contributed by atoms with Crippen molar-refractivity contribution in [2.75, 3.05) is 0 Å². The molecule has 0 N–H and O–H groups in total. The van der Waals surface area contributed by atoms with Gasteiger partial charge >= 0.3 is 0 Å². The predicted molar refractivity (Wildman–Crippen MR) is 89.0 cm³/mol. The van der Waals surface area contributed by atoms with Crippen LogP contribution in [0.3, 0.4) is 0 Å². The molecule has 0 aromatic rings. The second-order valence-electron chi connectivity index (χ2n) is 4.75. The summed E-state index contributed by atoms with van der Waals surface area (Å²) in [5.41, 5.74) is 0.